The summed E-state index contributed by atoms with van der Waals surface area (Å²) in [5.41, 5.74) is 0.590. The number of hydrogen-bond donors (Lipinski definition) is 2. The minimum Gasteiger partial charge on any atom is -0.316 e. The van der Waals surface area contributed by atoms with Crippen molar-refractivity contribution in [2.45, 2.75) is 30.9 Å². The number of rotatable bonds is 4. The Morgan fingerprint density at radius 3 is 2.83 bits per heavy atom. The molecule has 0 amide bonds. The molecule has 0 bridgehead atoms. The van der Waals surface area contributed by atoms with Gasteiger partial charge in [0.1, 0.15) is 0 Å². The fraction of sp³-hybridized carbons (Fsp3) is 0.727. The van der Waals surface area contributed by atoms with Crippen LogP contribution in [-0.4, -0.2) is 33.0 Å². The fourth-order valence-corrected chi connectivity index (χ4v) is 4.80. The molecule has 0 aliphatic carbocycles. The molecule has 1 aromatic heterocycles. The van der Waals surface area contributed by atoms with Crippen molar-refractivity contribution in [3.63, 3.8) is 0 Å². The number of piperidine rings is 1. The smallest absolute Gasteiger partial charge is 0.251 e. The Morgan fingerprint density at radius 1 is 1.50 bits per heavy atom. The number of aromatic nitrogens is 1. The van der Waals surface area contributed by atoms with Gasteiger partial charge in [0.15, 0.2) is 4.21 Å². The van der Waals surface area contributed by atoms with E-state index in [1.807, 2.05) is 6.92 Å². The maximum atomic E-state index is 12.1. The van der Waals surface area contributed by atoms with Crippen LogP contribution in [0.5, 0.6) is 0 Å². The van der Waals surface area contributed by atoms with E-state index in [4.69, 9.17) is 0 Å². The summed E-state index contributed by atoms with van der Waals surface area (Å²) in [4.78, 5) is 4.16. The van der Waals surface area contributed by atoms with Crippen LogP contribution in [0, 0.1) is 19.8 Å². The monoisotopic (exact) mass is 289 g/mol. The molecule has 0 spiro atoms. The SMILES string of the molecule is Cc1nc(C)c(S(=O)(=O)NCC2CCCNC2)s1. The third kappa shape index (κ3) is 3.28. The number of thiazole rings is 1. The average Bonchev–Trinajstić information content (AvgIpc) is 2.68. The molecule has 1 saturated heterocycles. The highest BCUT2D eigenvalue weighted by atomic mass is 32.2. The van der Waals surface area contributed by atoms with Crippen LogP contribution in [0.4, 0.5) is 0 Å². The molecule has 1 aromatic rings. The van der Waals surface area contributed by atoms with E-state index < -0.39 is 10.0 Å². The predicted molar refractivity (Wildman–Crippen MR) is 72.4 cm³/mol. The maximum Gasteiger partial charge on any atom is 0.251 e. The van der Waals surface area contributed by atoms with E-state index in [9.17, 15) is 8.42 Å². The Labute approximate surface area is 112 Å². The first kappa shape index (κ1) is 13.9. The first-order valence-corrected chi connectivity index (χ1v) is 8.43. The minimum atomic E-state index is -3.39. The summed E-state index contributed by atoms with van der Waals surface area (Å²) in [5, 5.41) is 4.07. The minimum absolute atomic E-state index is 0.351. The van der Waals surface area contributed by atoms with Crippen molar-refractivity contribution in [3.05, 3.63) is 10.7 Å². The molecule has 1 aliphatic rings. The highest BCUT2D eigenvalue weighted by Gasteiger charge is 2.22. The first-order chi connectivity index (χ1) is 8.49. The second-order valence-electron chi connectivity index (χ2n) is 4.67. The number of nitrogens with zero attached hydrogens (tertiary/aromatic N) is 1. The Morgan fingerprint density at radius 2 is 2.28 bits per heavy atom. The van der Waals surface area contributed by atoms with Crippen LogP contribution in [0.1, 0.15) is 23.5 Å². The van der Waals surface area contributed by atoms with Crippen LogP contribution < -0.4 is 10.0 Å². The molecule has 102 valence electrons. The van der Waals surface area contributed by atoms with Gasteiger partial charge in [-0.2, -0.15) is 0 Å². The van der Waals surface area contributed by atoms with Crippen molar-refractivity contribution in [2.75, 3.05) is 19.6 Å². The standard InChI is InChI=1S/C11H19N3O2S2/c1-8-11(17-9(2)14-8)18(15,16)13-7-10-4-3-5-12-6-10/h10,12-13H,3-7H2,1-2H3. The molecule has 1 fully saturated rings. The summed E-state index contributed by atoms with van der Waals surface area (Å²) in [7, 11) is -3.39. The fourth-order valence-electron chi connectivity index (χ4n) is 2.15. The van der Waals surface area contributed by atoms with Crippen LogP contribution in [0.25, 0.3) is 0 Å². The molecule has 0 radical (unpaired) electrons. The number of sulfonamides is 1. The molecule has 2 heterocycles. The van der Waals surface area contributed by atoms with Crippen LogP contribution in [-0.2, 0) is 10.0 Å². The Balaban J connectivity index is 2.01. The number of aryl methyl sites for hydroxylation is 2. The van der Waals surface area contributed by atoms with Gasteiger partial charge < -0.3 is 5.32 Å². The van der Waals surface area contributed by atoms with Gasteiger partial charge in [-0.1, -0.05) is 0 Å². The maximum absolute atomic E-state index is 12.1. The van der Waals surface area contributed by atoms with Crippen molar-refractivity contribution in [1.29, 1.82) is 0 Å². The van der Waals surface area contributed by atoms with Gasteiger partial charge >= 0.3 is 0 Å². The molecule has 1 unspecified atom stereocenters. The highest BCUT2D eigenvalue weighted by Crippen LogP contribution is 2.22. The Kier molecular flexibility index (Phi) is 4.37. The second kappa shape index (κ2) is 5.64. The van der Waals surface area contributed by atoms with Gasteiger partial charge in [0.05, 0.1) is 10.7 Å². The highest BCUT2D eigenvalue weighted by molar-refractivity contribution is 7.91. The summed E-state index contributed by atoms with van der Waals surface area (Å²) in [5.74, 6) is 0.392. The molecule has 2 N–H and O–H groups in total. The molecule has 1 atom stereocenters. The van der Waals surface area contributed by atoms with Crippen LogP contribution in [0.2, 0.25) is 0 Å². The van der Waals surface area contributed by atoms with Gasteiger partial charge in [-0.25, -0.2) is 18.1 Å². The lowest BCUT2D eigenvalue weighted by Gasteiger charge is -2.22. The molecule has 7 heteroatoms. The van der Waals surface area contributed by atoms with Gasteiger partial charge in [-0.15, -0.1) is 11.3 Å². The number of hydrogen-bond acceptors (Lipinski definition) is 5. The van der Waals surface area contributed by atoms with E-state index in [1.165, 1.54) is 11.3 Å². The Bertz CT molecular complexity index is 504. The van der Waals surface area contributed by atoms with Crippen molar-refractivity contribution in [2.24, 2.45) is 5.92 Å². The zero-order valence-corrected chi connectivity index (χ0v) is 12.3. The van der Waals surface area contributed by atoms with Crippen molar-refractivity contribution < 1.29 is 8.42 Å². The van der Waals surface area contributed by atoms with Crippen molar-refractivity contribution >= 4 is 21.4 Å². The van der Waals surface area contributed by atoms with Gasteiger partial charge in [0.25, 0.3) is 10.0 Å². The van der Waals surface area contributed by atoms with Gasteiger partial charge in [0, 0.05) is 6.54 Å². The van der Waals surface area contributed by atoms with Crippen molar-refractivity contribution in [3.8, 4) is 0 Å². The van der Waals surface area contributed by atoms with Crippen LogP contribution >= 0.6 is 11.3 Å². The third-order valence-corrected chi connectivity index (χ3v) is 6.17. The predicted octanol–water partition coefficient (Wildman–Crippen LogP) is 1.04. The van der Waals surface area contributed by atoms with Gasteiger partial charge in [-0.05, 0) is 45.7 Å². The zero-order chi connectivity index (χ0) is 13.2. The Hall–Kier alpha value is -0.500. The molecule has 18 heavy (non-hydrogen) atoms. The van der Waals surface area contributed by atoms with Crippen molar-refractivity contribution in [1.82, 2.24) is 15.0 Å². The third-order valence-electron chi connectivity index (χ3n) is 3.07. The zero-order valence-electron chi connectivity index (χ0n) is 10.7. The number of nitrogens with one attached hydrogen (secondary N) is 2. The summed E-state index contributed by atoms with van der Waals surface area (Å²) in [6.07, 6.45) is 2.20. The van der Waals surface area contributed by atoms with E-state index in [1.54, 1.807) is 6.92 Å². The summed E-state index contributed by atoms with van der Waals surface area (Å²) in [6, 6.07) is 0. The molecule has 1 aliphatic heterocycles. The topological polar surface area (TPSA) is 71.1 Å². The largest absolute Gasteiger partial charge is 0.316 e. The van der Waals surface area contributed by atoms with E-state index in [0.717, 1.165) is 30.9 Å². The van der Waals surface area contributed by atoms with E-state index in [2.05, 4.69) is 15.0 Å². The van der Waals surface area contributed by atoms with Gasteiger partial charge in [-0.3, -0.25) is 0 Å². The van der Waals surface area contributed by atoms with Crippen LogP contribution in [0.15, 0.2) is 4.21 Å². The molecular formula is C11H19N3O2S2. The summed E-state index contributed by atoms with van der Waals surface area (Å²) >= 11 is 1.23. The van der Waals surface area contributed by atoms with Crippen LogP contribution in [0.3, 0.4) is 0 Å². The average molecular weight is 289 g/mol. The lowest BCUT2D eigenvalue weighted by Crippen LogP contribution is -2.38. The lowest BCUT2D eigenvalue weighted by atomic mass is 10.0. The normalized spacial score (nSPS) is 21.1. The molecule has 5 nitrogen and oxygen atoms in total. The molecular weight excluding hydrogens is 270 g/mol. The molecule has 0 aromatic carbocycles. The summed E-state index contributed by atoms with van der Waals surface area (Å²) < 4.78 is 27.3. The van der Waals surface area contributed by atoms with E-state index >= 15 is 0 Å². The molecule has 0 saturated carbocycles. The quantitative estimate of drug-likeness (QED) is 0.869. The molecule has 2 rings (SSSR count). The summed E-state index contributed by atoms with van der Waals surface area (Å²) in [6.45, 7) is 5.99. The lowest BCUT2D eigenvalue weighted by molar-refractivity contribution is 0.376. The van der Waals surface area contributed by atoms with Gasteiger partial charge in [0.2, 0.25) is 0 Å². The first-order valence-electron chi connectivity index (χ1n) is 6.13. The van der Waals surface area contributed by atoms with E-state index in [-0.39, 0.29) is 0 Å². The second-order valence-corrected chi connectivity index (χ2v) is 7.84. The van der Waals surface area contributed by atoms with E-state index in [0.29, 0.717) is 22.4 Å².